The number of carbonyl (C=O) groups excluding carboxylic acids is 1. The van der Waals surface area contributed by atoms with Crippen molar-refractivity contribution in [2.45, 2.75) is 26.3 Å². The number of amides is 2. The van der Waals surface area contributed by atoms with Gasteiger partial charge in [-0.15, -0.1) is 0 Å². The maximum Gasteiger partial charge on any atom is 0.317 e. The Morgan fingerprint density at radius 1 is 1.32 bits per heavy atom. The summed E-state index contributed by atoms with van der Waals surface area (Å²) in [7, 11) is 1.84. The van der Waals surface area contributed by atoms with E-state index in [9.17, 15) is 4.79 Å². The maximum atomic E-state index is 11.8. The van der Waals surface area contributed by atoms with Crippen molar-refractivity contribution in [3.63, 3.8) is 0 Å². The van der Waals surface area contributed by atoms with Gasteiger partial charge in [0.2, 0.25) is 0 Å². The van der Waals surface area contributed by atoms with E-state index in [0.717, 1.165) is 13.1 Å². The molecule has 4 nitrogen and oxygen atoms in total. The number of hydrogen-bond donors (Lipinski definition) is 1. The van der Waals surface area contributed by atoms with Crippen LogP contribution in [-0.4, -0.2) is 37.6 Å². The number of anilines is 1. The molecule has 4 heteroatoms. The van der Waals surface area contributed by atoms with Crippen LogP contribution in [0.3, 0.4) is 0 Å². The lowest BCUT2D eigenvalue weighted by atomic mass is 10.1. The molecule has 0 spiro atoms. The first-order valence-electron chi connectivity index (χ1n) is 7.04. The minimum atomic E-state index is -0.0151. The van der Waals surface area contributed by atoms with Crippen LogP contribution in [-0.2, 0) is 6.54 Å². The van der Waals surface area contributed by atoms with Gasteiger partial charge in [-0.3, -0.25) is 0 Å². The molecule has 1 N–H and O–H groups in total. The van der Waals surface area contributed by atoms with E-state index in [2.05, 4.69) is 28.4 Å². The Kier molecular flexibility index (Phi) is 4.66. The van der Waals surface area contributed by atoms with Crippen LogP contribution < -0.4 is 10.2 Å². The summed E-state index contributed by atoms with van der Waals surface area (Å²) in [5.74, 6) is 0. The Balaban J connectivity index is 2.09. The van der Waals surface area contributed by atoms with E-state index in [0.29, 0.717) is 13.1 Å². The third-order valence-corrected chi connectivity index (χ3v) is 3.52. The van der Waals surface area contributed by atoms with Gasteiger partial charge in [0.05, 0.1) is 0 Å². The van der Waals surface area contributed by atoms with Gasteiger partial charge >= 0.3 is 6.03 Å². The molecule has 1 saturated heterocycles. The molecule has 0 unspecified atom stereocenters. The van der Waals surface area contributed by atoms with Crippen molar-refractivity contribution >= 4 is 11.7 Å². The second-order valence-electron chi connectivity index (χ2n) is 5.01. The summed E-state index contributed by atoms with van der Waals surface area (Å²) < 4.78 is 0. The predicted molar refractivity (Wildman–Crippen MR) is 78.4 cm³/mol. The normalized spacial score (nSPS) is 14.5. The van der Waals surface area contributed by atoms with Gasteiger partial charge < -0.3 is 15.1 Å². The zero-order chi connectivity index (χ0) is 13.7. The Bertz CT molecular complexity index is 427. The van der Waals surface area contributed by atoms with Crippen LogP contribution in [0.25, 0.3) is 0 Å². The molecule has 1 aromatic rings. The summed E-state index contributed by atoms with van der Waals surface area (Å²) >= 11 is 0. The summed E-state index contributed by atoms with van der Waals surface area (Å²) in [6.07, 6.45) is 2.53. The molecule has 0 saturated carbocycles. The van der Waals surface area contributed by atoms with E-state index in [1.54, 1.807) is 4.90 Å². The molecular weight excluding hydrogens is 238 g/mol. The third-order valence-electron chi connectivity index (χ3n) is 3.52. The van der Waals surface area contributed by atoms with E-state index in [1.807, 2.05) is 20.0 Å². The zero-order valence-corrected chi connectivity index (χ0v) is 11.9. The van der Waals surface area contributed by atoms with Crippen molar-refractivity contribution in [1.29, 1.82) is 0 Å². The SMILES string of the molecule is CCNC(=O)N(C)Cc1ccccc1N1CCCC1. The fraction of sp³-hybridized carbons (Fsp3) is 0.533. The average molecular weight is 261 g/mol. The van der Waals surface area contributed by atoms with Gasteiger partial charge in [-0.25, -0.2) is 4.79 Å². The number of para-hydroxylation sites is 1. The molecule has 0 aliphatic carbocycles. The van der Waals surface area contributed by atoms with Crippen LogP contribution in [0.5, 0.6) is 0 Å². The lowest BCUT2D eigenvalue weighted by Crippen LogP contribution is -2.37. The van der Waals surface area contributed by atoms with Crippen LogP contribution in [0.2, 0.25) is 0 Å². The smallest absolute Gasteiger partial charge is 0.317 e. The van der Waals surface area contributed by atoms with E-state index < -0.39 is 0 Å². The van der Waals surface area contributed by atoms with Crippen molar-refractivity contribution in [2.75, 3.05) is 31.6 Å². The van der Waals surface area contributed by atoms with Crippen LogP contribution in [0, 0.1) is 0 Å². The summed E-state index contributed by atoms with van der Waals surface area (Å²) in [6.45, 7) is 5.50. The van der Waals surface area contributed by atoms with Gasteiger partial charge in [0.25, 0.3) is 0 Å². The van der Waals surface area contributed by atoms with E-state index in [1.165, 1.54) is 24.1 Å². The molecule has 0 aromatic heterocycles. The highest BCUT2D eigenvalue weighted by Crippen LogP contribution is 2.25. The highest BCUT2D eigenvalue weighted by Gasteiger charge is 2.17. The molecule has 19 heavy (non-hydrogen) atoms. The standard InChI is InChI=1S/C15H23N3O/c1-3-16-15(19)17(2)12-13-8-4-5-9-14(13)18-10-6-7-11-18/h4-5,8-9H,3,6-7,10-12H2,1-2H3,(H,16,19). The lowest BCUT2D eigenvalue weighted by Gasteiger charge is -2.24. The highest BCUT2D eigenvalue weighted by molar-refractivity contribution is 5.74. The molecule has 2 rings (SSSR count). The maximum absolute atomic E-state index is 11.8. The molecule has 1 fully saturated rings. The summed E-state index contributed by atoms with van der Waals surface area (Å²) in [5.41, 5.74) is 2.49. The number of carbonyl (C=O) groups is 1. The molecular formula is C15H23N3O. The van der Waals surface area contributed by atoms with E-state index in [-0.39, 0.29) is 6.03 Å². The largest absolute Gasteiger partial charge is 0.371 e. The van der Waals surface area contributed by atoms with Crippen molar-refractivity contribution in [3.8, 4) is 0 Å². The molecule has 1 aliphatic heterocycles. The number of benzene rings is 1. The predicted octanol–water partition coefficient (Wildman–Crippen LogP) is 2.45. The van der Waals surface area contributed by atoms with Gasteiger partial charge in [0.15, 0.2) is 0 Å². The Labute approximate surface area is 115 Å². The zero-order valence-electron chi connectivity index (χ0n) is 11.9. The summed E-state index contributed by atoms with van der Waals surface area (Å²) in [5, 5.41) is 2.83. The third kappa shape index (κ3) is 3.40. The number of hydrogen-bond acceptors (Lipinski definition) is 2. The Morgan fingerprint density at radius 3 is 2.68 bits per heavy atom. The van der Waals surface area contributed by atoms with Gasteiger partial charge in [-0.05, 0) is 31.4 Å². The topological polar surface area (TPSA) is 35.6 Å². The molecule has 2 amide bonds. The van der Waals surface area contributed by atoms with Crippen molar-refractivity contribution < 1.29 is 4.79 Å². The average Bonchev–Trinajstić information content (AvgIpc) is 2.93. The van der Waals surface area contributed by atoms with Gasteiger partial charge in [0, 0.05) is 38.9 Å². The number of urea groups is 1. The first-order chi connectivity index (χ1) is 9.22. The Hall–Kier alpha value is -1.71. The quantitative estimate of drug-likeness (QED) is 0.903. The fourth-order valence-electron chi connectivity index (χ4n) is 2.52. The number of nitrogens with zero attached hydrogens (tertiary/aromatic N) is 2. The van der Waals surface area contributed by atoms with Gasteiger partial charge in [0.1, 0.15) is 0 Å². The molecule has 1 heterocycles. The fourth-order valence-corrected chi connectivity index (χ4v) is 2.52. The van der Waals surface area contributed by atoms with Crippen LogP contribution in [0.15, 0.2) is 24.3 Å². The molecule has 1 aromatic carbocycles. The van der Waals surface area contributed by atoms with Crippen LogP contribution >= 0.6 is 0 Å². The van der Waals surface area contributed by atoms with E-state index in [4.69, 9.17) is 0 Å². The Morgan fingerprint density at radius 2 is 2.00 bits per heavy atom. The monoisotopic (exact) mass is 261 g/mol. The second kappa shape index (κ2) is 6.45. The van der Waals surface area contributed by atoms with Crippen LogP contribution in [0.1, 0.15) is 25.3 Å². The van der Waals surface area contributed by atoms with Crippen molar-refractivity contribution in [3.05, 3.63) is 29.8 Å². The minimum Gasteiger partial charge on any atom is -0.371 e. The summed E-state index contributed by atoms with van der Waals surface area (Å²) in [4.78, 5) is 15.9. The minimum absolute atomic E-state index is 0.0151. The highest BCUT2D eigenvalue weighted by atomic mass is 16.2. The lowest BCUT2D eigenvalue weighted by molar-refractivity contribution is 0.207. The summed E-state index contributed by atoms with van der Waals surface area (Å²) in [6, 6.07) is 8.37. The molecule has 0 radical (unpaired) electrons. The molecule has 0 bridgehead atoms. The number of rotatable bonds is 4. The molecule has 104 valence electrons. The van der Waals surface area contributed by atoms with Crippen molar-refractivity contribution in [1.82, 2.24) is 10.2 Å². The second-order valence-corrected chi connectivity index (χ2v) is 5.01. The number of nitrogens with one attached hydrogen (secondary N) is 1. The van der Waals surface area contributed by atoms with Gasteiger partial charge in [-0.2, -0.15) is 0 Å². The van der Waals surface area contributed by atoms with Crippen molar-refractivity contribution in [2.24, 2.45) is 0 Å². The molecule has 0 atom stereocenters. The van der Waals surface area contributed by atoms with Gasteiger partial charge in [-0.1, -0.05) is 18.2 Å². The first kappa shape index (κ1) is 13.7. The first-order valence-corrected chi connectivity index (χ1v) is 7.04. The van der Waals surface area contributed by atoms with E-state index >= 15 is 0 Å². The van der Waals surface area contributed by atoms with Crippen LogP contribution in [0.4, 0.5) is 10.5 Å². The molecule has 1 aliphatic rings.